The van der Waals surface area contributed by atoms with Crippen LogP contribution in [0.5, 0.6) is 0 Å². The number of hydrogen-bond donors (Lipinski definition) is 2. The van der Waals surface area contributed by atoms with Crippen LogP contribution in [-0.2, 0) is 17.8 Å². The Labute approximate surface area is 131 Å². The molecule has 0 saturated carbocycles. The molecular weight excluding hydrogens is 276 g/mol. The first-order valence-electron chi connectivity index (χ1n) is 7.44. The molecular formula is C18H22N2O2. The topological polar surface area (TPSA) is 50.4 Å². The van der Waals surface area contributed by atoms with Gasteiger partial charge in [0.25, 0.3) is 0 Å². The zero-order chi connectivity index (χ0) is 15.6. The second kappa shape index (κ2) is 8.85. The monoisotopic (exact) mass is 298 g/mol. The molecule has 0 atom stereocenters. The molecule has 0 bridgehead atoms. The molecule has 4 nitrogen and oxygen atoms in total. The van der Waals surface area contributed by atoms with E-state index in [4.69, 9.17) is 4.74 Å². The Bertz CT molecular complexity index is 585. The van der Waals surface area contributed by atoms with Crippen molar-refractivity contribution in [3.05, 3.63) is 65.7 Å². The summed E-state index contributed by atoms with van der Waals surface area (Å²) < 4.78 is 5.08. The number of ether oxygens (including phenoxy) is 1. The van der Waals surface area contributed by atoms with Crippen molar-refractivity contribution >= 4 is 11.7 Å². The Kier molecular flexibility index (Phi) is 6.45. The number of carbonyl (C=O) groups excluding carboxylic acids is 1. The lowest BCUT2D eigenvalue weighted by atomic mass is 10.1. The lowest BCUT2D eigenvalue weighted by Crippen LogP contribution is -2.29. The molecule has 2 amide bonds. The normalized spacial score (nSPS) is 10.2. The van der Waals surface area contributed by atoms with Crippen LogP contribution in [0.1, 0.15) is 17.5 Å². The highest BCUT2D eigenvalue weighted by atomic mass is 16.5. The van der Waals surface area contributed by atoms with E-state index in [1.807, 2.05) is 42.5 Å². The Morgan fingerprint density at radius 2 is 1.82 bits per heavy atom. The van der Waals surface area contributed by atoms with E-state index in [1.165, 1.54) is 5.56 Å². The summed E-state index contributed by atoms with van der Waals surface area (Å²) in [4.78, 5) is 11.8. The average molecular weight is 298 g/mol. The van der Waals surface area contributed by atoms with Crippen LogP contribution in [0.3, 0.4) is 0 Å². The van der Waals surface area contributed by atoms with Crippen molar-refractivity contribution in [2.45, 2.75) is 19.4 Å². The molecule has 0 aliphatic rings. The van der Waals surface area contributed by atoms with E-state index in [0.717, 1.165) is 24.1 Å². The van der Waals surface area contributed by atoms with Gasteiger partial charge in [0.1, 0.15) is 0 Å². The molecule has 0 saturated heterocycles. The fourth-order valence-corrected chi connectivity index (χ4v) is 2.22. The fraction of sp³-hybridized carbons (Fsp3) is 0.278. The van der Waals surface area contributed by atoms with Gasteiger partial charge in [-0.1, -0.05) is 42.5 Å². The molecule has 2 aromatic rings. The lowest BCUT2D eigenvalue weighted by molar-refractivity contribution is 0.185. The summed E-state index contributed by atoms with van der Waals surface area (Å²) in [5.74, 6) is 0. The summed E-state index contributed by atoms with van der Waals surface area (Å²) in [6.07, 6.45) is 1.88. The van der Waals surface area contributed by atoms with Crippen LogP contribution >= 0.6 is 0 Å². The van der Waals surface area contributed by atoms with Crippen LogP contribution in [0.15, 0.2) is 54.6 Å². The highest BCUT2D eigenvalue weighted by Crippen LogP contribution is 2.11. The van der Waals surface area contributed by atoms with Gasteiger partial charge in [-0.15, -0.1) is 0 Å². The van der Waals surface area contributed by atoms with Crippen molar-refractivity contribution in [1.82, 2.24) is 5.32 Å². The molecule has 22 heavy (non-hydrogen) atoms. The lowest BCUT2D eigenvalue weighted by Gasteiger charge is -2.09. The molecule has 116 valence electrons. The molecule has 0 radical (unpaired) electrons. The third-order valence-corrected chi connectivity index (χ3v) is 3.27. The van der Waals surface area contributed by atoms with Gasteiger partial charge in [-0.3, -0.25) is 0 Å². The molecule has 2 N–H and O–H groups in total. The Morgan fingerprint density at radius 1 is 1.05 bits per heavy atom. The summed E-state index contributed by atoms with van der Waals surface area (Å²) in [5.41, 5.74) is 3.09. The SMILES string of the molecule is COCc1cccc(NC(=O)NCCCc2ccccc2)c1. The number of amides is 2. The summed E-state index contributed by atoms with van der Waals surface area (Å²) in [6, 6.07) is 17.7. The van der Waals surface area contributed by atoms with E-state index in [0.29, 0.717) is 13.2 Å². The van der Waals surface area contributed by atoms with Crippen LogP contribution in [0, 0.1) is 0 Å². The summed E-state index contributed by atoms with van der Waals surface area (Å²) in [5, 5.41) is 5.71. The van der Waals surface area contributed by atoms with Crippen LogP contribution in [0.25, 0.3) is 0 Å². The van der Waals surface area contributed by atoms with E-state index in [9.17, 15) is 4.79 Å². The van der Waals surface area contributed by atoms with Crippen molar-refractivity contribution in [1.29, 1.82) is 0 Å². The van der Waals surface area contributed by atoms with E-state index in [-0.39, 0.29) is 6.03 Å². The van der Waals surface area contributed by atoms with E-state index in [1.54, 1.807) is 7.11 Å². The fourth-order valence-electron chi connectivity index (χ4n) is 2.22. The molecule has 0 unspecified atom stereocenters. The van der Waals surface area contributed by atoms with Crippen molar-refractivity contribution in [3.63, 3.8) is 0 Å². The van der Waals surface area contributed by atoms with Crippen molar-refractivity contribution in [2.75, 3.05) is 19.0 Å². The zero-order valence-electron chi connectivity index (χ0n) is 12.8. The van der Waals surface area contributed by atoms with Crippen LogP contribution in [-0.4, -0.2) is 19.7 Å². The summed E-state index contributed by atoms with van der Waals surface area (Å²) in [7, 11) is 1.65. The highest BCUT2D eigenvalue weighted by molar-refractivity contribution is 5.89. The standard InChI is InChI=1S/C18H22N2O2/c1-22-14-16-9-5-11-17(13-16)20-18(21)19-12-6-10-15-7-3-2-4-8-15/h2-5,7-9,11,13H,6,10,12,14H2,1H3,(H2,19,20,21). The Balaban J connectivity index is 1.70. The first kappa shape index (κ1) is 16.0. The summed E-state index contributed by atoms with van der Waals surface area (Å²) in [6.45, 7) is 1.19. The van der Waals surface area contributed by atoms with Gasteiger partial charge in [-0.2, -0.15) is 0 Å². The molecule has 2 aromatic carbocycles. The second-order valence-corrected chi connectivity index (χ2v) is 5.10. The average Bonchev–Trinajstić information content (AvgIpc) is 2.53. The number of aryl methyl sites for hydroxylation is 1. The number of anilines is 1. The van der Waals surface area contributed by atoms with E-state index in [2.05, 4.69) is 22.8 Å². The van der Waals surface area contributed by atoms with Gasteiger partial charge in [0, 0.05) is 19.3 Å². The van der Waals surface area contributed by atoms with Gasteiger partial charge in [-0.05, 0) is 36.1 Å². The van der Waals surface area contributed by atoms with Gasteiger partial charge >= 0.3 is 6.03 Å². The largest absolute Gasteiger partial charge is 0.380 e. The minimum Gasteiger partial charge on any atom is -0.380 e. The third kappa shape index (κ3) is 5.58. The molecule has 0 aliphatic heterocycles. The van der Waals surface area contributed by atoms with Gasteiger partial charge in [0.15, 0.2) is 0 Å². The smallest absolute Gasteiger partial charge is 0.319 e. The maximum atomic E-state index is 11.8. The number of methoxy groups -OCH3 is 1. The molecule has 0 fully saturated rings. The minimum atomic E-state index is -0.178. The number of benzene rings is 2. The number of rotatable bonds is 7. The van der Waals surface area contributed by atoms with Gasteiger partial charge in [0.2, 0.25) is 0 Å². The first-order valence-corrected chi connectivity index (χ1v) is 7.44. The predicted octanol–water partition coefficient (Wildman–Crippen LogP) is 3.59. The number of urea groups is 1. The van der Waals surface area contributed by atoms with E-state index < -0.39 is 0 Å². The van der Waals surface area contributed by atoms with Crippen LogP contribution in [0.2, 0.25) is 0 Å². The van der Waals surface area contributed by atoms with Crippen LogP contribution in [0.4, 0.5) is 10.5 Å². The van der Waals surface area contributed by atoms with Gasteiger partial charge in [0.05, 0.1) is 6.61 Å². The Morgan fingerprint density at radius 3 is 2.59 bits per heavy atom. The van der Waals surface area contributed by atoms with Crippen molar-refractivity contribution in [3.8, 4) is 0 Å². The number of hydrogen-bond acceptors (Lipinski definition) is 2. The summed E-state index contributed by atoms with van der Waals surface area (Å²) >= 11 is 0. The van der Waals surface area contributed by atoms with Gasteiger partial charge < -0.3 is 15.4 Å². The minimum absolute atomic E-state index is 0.178. The van der Waals surface area contributed by atoms with Crippen LogP contribution < -0.4 is 10.6 Å². The third-order valence-electron chi connectivity index (χ3n) is 3.27. The van der Waals surface area contributed by atoms with E-state index >= 15 is 0 Å². The molecule has 2 rings (SSSR count). The second-order valence-electron chi connectivity index (χ2n) is 5.10. The van der Waals surface area contributed by atoms with Gasteiger partial charge in [-0.25, -0.2) is 4.79 Å². The molecule has 4 heteroatoms. The number of carbonyl (C=O) groups is 1. The molecule has 0 aromatic heterocycles. The first-order chi connectivity index (χ1) is 10.8. The number of nitrogens with one attached hydrogen (secondary N) is 2. The maximum Gasteiger partial charge on any atom is 0.319 e. The Hall–Kier alpha value is -2.33. The molecule has 0 spiro atoms. The quantitative estimate of drug-likeness (QED) is 0.768. The maximum absolute atomic E-state index is 11.8. The molecule has 0 heterocycles. The van der Waals surface area contributed by atoms with Crippen molar-refractivity contribution in [2.24, 2.45) is 0 Å². The molecule has 0 aliphatic carbocycles. The van der Waals surface area contributed by atoms with Crippen molar-refractivity contribution < 1.29 is 9.53 Å². The zero-order valence-corrected chi connectivity index (χ0v) is 12.8. The highest BCUT2D eigenvalue weighted by Gasteiger charge is 2.02. The predicted molar refractivity (Wildman–Crippen MR) is 88.9 cm³/mol.